The highest BCUT2D eigenvalue weighted by Crippen LogP contribution is 2.22. The number of carbonyl (C=O) groups excluding carboxylic acids is 1. The Morgan fingerprint density at radius 2 is 1.83 bits per heavy atom. The zero-order valence-electron chi connectivity index (χ0n) is 11.1. The van der Waals surface area contributed by atoms with Crippen LogP contribution in [0.5, 0.6) is 0 Å². The lowest BCUT2D eigenvalue weighted by Gasteiger charge is -2.21. The number of rotatable bonds is 4. The van der Waals surface area contributed by atoms with Gasteiger partial charge in [-0.25, -0.2) is 4.79 Å². The van der Waals surface area contributed by atoms with Crippen molar-refractivity contribution in [1.82, 2.24) is 0 Å². The fourth-order valence-corrected chi connectivity index (χ4v) is 2.33. The molecule has 1 rings (SSSR count). The SMILES string of the molecule is COC(=O)c1ccc(C(C#N)O[Si](C)(C)C)cc1. The summed E-state index contributed by atoms with van der Waals surface area (Å²) in [6.07, 6.45) is -0.580. The molecule has 0 bridgehead atoms. The standard InChI is InChI=1S/C13H17NO3Si/c1-16-13(15)11-7-5-10(6-8-11)12(9-14)17-18(2,3)4/h5-8,12H,1-4H3. The van der Waals surface area contributed by atoms with Crippen molar-refractivity contribution in [3.05, 3.63) is 35.4 Å². The molecule has 0 spiro atoms. The van der Waals surface area contributed by atoms with Crippen molar-refractivity contribution >= 4 is 14.3 Å². The molecule has 1 aromatic carbocycles. The van der Waals surface area contributed by atoms with Crippen LogP contribution >= 0.6 is 0 Å². The van der Waals surface area contributed by atoms with Crippen molar-refractivity contribution < 1.29 is 14.0 Å². The van der Waals surface area contributed by atoms with Crippen LogP contribution in [0.3, 0.4) is 0 Å². The summed E-state index contributed by atoms with van der Waals surface area (Å²) in [5, 5.41) is 9.12. The fourth-order valence-electron chi connectivity index (χ4n) is 1.43. The number of benzene rings is 1. The molecule has 96 valence electrons. The summed E-state index contributed by atoms with van der Waals surface area (Å²) < 4.78 is 10.4. The molecule has 18 heavy (non-hydrogen) atoms. The highest BCUT2D eigenvalue weighted by molar-refractivity contribution is 6.69. The van der Waals surface area contributed by atoms with Crippen LogP contribution in [0.25, 0.3) is 0 Å². The van der Waals surface area contributed by atoms with Crippen LogP contribution in [0.1, 0.15) is 22.0 Å². The third kappa shape index (κ3) is 3.98. The molecular weight excluding hydrogens is 246 g/mol. The minimum atomic E-state index is -1.78. The predicted octanol–water partition coefficient (Wildman–Crippen LogP) is 2.89. The Balaban J connectivity index is 2.90. The van der Waals surface area contributed by atoms with Gasteiger partial charge >= 0.3 is 5.97 Å². The smallest absolute Gasteiger partial charge is 0.337 e. The van der Waals surface area contributed by atoms with Crippen LogP contribution in [0, 0.1) is 11.3 Å². The minimum absolute atomic E-state index is 0.388. The van der Waals surface area contributed by atoms with Gasteiger partial charge in [0.1, 0.15) is 0 Å². The number of esters is 1. The van der Waals surface area contributed by atoms with Crippen LogP contribution in [0.4, 0.5) is 0 Å². The zero-order chi connectivity index (χ0) is 13.8. The molecule has 0 fully saturated rings. The summed E-state index contributed by atoms with van der Waals surface area (Å²) >= 11 is 0. The van der Waals surface area contributed by atoms with Crippen molar-refractivity contribution in [3.63, 3.8) is 0 Å². The van der Waals surface area contributed by atoms with Crippen LogP contribution < -0.4 is 0 Å². The van der Waals surface area contributed by atoms with Crippen LogP contribution in [-0.4, -0.2) is 21.4 Å². The molecule has 0 aliphatic carbocycles. The number of hydrogen-bond acceptors (Lipinski definition) is 4. The maximum atomic E-state index is 11.3. The number of carbonyl (C=O) groups is 1. The van der Waals surface area contributed by atoms with Crippen molar-refractivity contribution in [1.29, 1.82) is 5.26 Å². The first kappa shape index (κ1) is 14.4. The lowest BCUT2D eigenvalue weighted by atomic mass is 10.1. The number of nitrogens with zero attached hydrogens (tertiary/aromatic N) is 1. The van der Waals surface area contributed by atoms with Gasteiger partial charge in [-0.05, 0) is 37.3 Å². The highest BCUT2D eigenvalue weighted by Gasteiger charge is 2.22. The van der Waals surface area contributed by atoms with E-state index in [1.54, 1.807) is 24.3 Å². The van der Waals surface area contributed by atoms with Crippen LogP contribution in [0.15, 0.2) is 24.3 Å². The molecule has 0 saturated carbocycles. The van der Waals surface area contributed by atoms with E-state index in [0.29, 0.717) is 5.56 Å². The van der Waals surface area contributed by atoms with Gasteiger partial charge in [0.2, 0.25) is 0 Å². The van der Waals surface area contributed by atoms with E-state index in [4.69, 9.17) is 9.69 Å². The highest BCUT2D eigenvalue weighted by atomic mass is 28.4. The van der Waals surface area contributed by atoms with Crippen molar-refractivity contribution in [2.75, 3.05) is 7.11 Å². The average Bonchev–Trinajstić information content (AvgIpc) is 2.34. The summed E-state index contributed by atoms with van der Waals surface area (Å²) in [5.74, 6) is -0.388. The Bertz CT molecular complexity index is 457. The second-order valence-electron chi connectivity index (χ2n) is 4.85. The Morgan fingerprint density at radius 3 is 2.22 bits per heavy atom. The summed E-state index contributed by atoms with van der Waals surface area (Å²) in [5.41, 5.74) is 1.22. The molecule has 1 aromatic rings. The van der Waals surface area contributed by atoms with E-state index < -0.39 is 14.4 Å². The van der Waals surface area contributed by atoms with E-state index in [9.17, 15) is 4.79 Å². The molecule has 0 N–H and O–H groups in total. The lowest BCUT2D eigenvalue weighted by Crippen LogP contribution is -2.27. The van der Waals surface area contributed by atoms with E-state index in [-0.39, 0.29) is 5.97 Å². The first-order valence-electron chi connectivity index (χ1n) is 5.63. The van der Waals surface area contributed by atoms with E-state index in [1.807, 2.05) is 19.6 Å². The summed E-state index contributed by atoms with van der Waals surface area (Å²) in [4.78, 5) is 11.3. The molecule has 0 radical (unpaired) electrons. The van der Waals surface area contributed by atoms with Crippen molar-refractivity contribution in [2.45, 2.75) is 25.7 Å². The van der Waals surface area contributed by atoms with Gasteiger partial charge < -0.3 is 9.16 Å². The quantitative estimate of drug-likeness (QED) is 0.619. The number of ether oxygens (including phenoxy) is 1. The summed E-state index contributed by atoms with van der Waals surface area (Å²) in [6, 6.07) is 8.85. The molecule has 0 amide bonds. The molecule has 0 aliphatic heterocycles. The third-order valence-electron chi connectivity index (χ3n) is 2.22. The molecule has 5 heteroatoms. The summed E-state index contributed by atoms with van der Waals surface area (Å²) in [6.45, 7) is 6.08. The molecule has 0 aliphatic rings. The van der Waals surface area contributed by atoms with Gasteiger partial charge in [0.25, 0.3) is 0 Å². The lowest BCUT2D eigenvalue weighted by molar-refractivity contribution is 0.0600. The summed E-state index contributed by atoms with van der Waals surface area (Å²) in [7, 11) is -0.445. The Morgan fingerprint density at radius 1 is 1.28 bits per heavy atom. The Labute approximate surface area is 108 Å². The van der Waals surface area contributed by atoms with Gasteiger partial charge in [0, 0.05) is 0 Å². The van der Waals surface area contributed by atoms with Gasteiger partial charge in [-0.1, -0.05) is 12.1 Å². The van der Waals surface area contributed by atoms with Gasteiger partial charge in [0.05, 0.1) is 18.7 Å². The van der Waals surface area contributed by atoms with Crippen LogP contribution in [-0.2, 0) is 9.16 Å². The van der Waals surface area contributed by atoms with E-state index >= 15 is 0 Å². The van der Waals surface area contributed by atoms with E-state index in [0.717, 1.165) is 5.56 Å². The Kier molecular flexibility index (Phi) is 4.65. The van der Waals surface area contributed by atoms with Gasteiger partial charge in [-0.3, -0.25) is 0 Å². The third-order valence-corrected chi connectivity index (χ3v) is 3.17. The van der Waals surface area contributed by atoms with E-state index in [1.165, 1.54) is 7.11 Å². The average molecular weight is 263 g/mol. The second-order valence-corrected chi connectivity index (χ2v) is 9.31. The Hall–Kier alpha value is -1.64. The normalized spacial score (nSPS) is 12.6. The van der Waals surface area contributed by atoms with Crippen molar-refractivity contribution in [2.24, 2.45) is 0 Å². The van der Waals surface area contributed by atoms with Gasteiger partial charge in [-0.2, -0.15) is 5.26 Å². The molecule has 0 heterocycles. The molecule has 1 unspecified atom stereocenters. The second kappa shape index (κ2) is 5.80. The fraction of sp³-hybridized carbons (Fsp3) is 0.385. The number of methoxy groups -OCH3 is 1. The molecular formula is C13H17NO3Si. The number of nitriles is 1. The maximum absolute atomic E-state index is 11.3. The molecule has 4 nitrogen and oxygen atoms in total. The number of hydrogen-bond donors (Lipinski definition) is 0. The minimum Gasteiger partial charge on any atom is -0.465 e. The monoisotopic (exact) mass is 263 g/mol. The molecule has 0 saturated heterocycles. The maximum Gasteiger partial charge on any atom is 0.337 e. The van der Waals surface area contributed by atoms with Gasteiger partial charge in [0.15, 0.2) is 14.4 Å². The molecule has 0 aromatic heterocycles. The largest absolute Gasteiger partial charge is 0.465 e. The predicted molar refractivity (Wildman–Crippen MR) is 70.6 cm³/mol. The van der Waals surface area contributed by atoms with E-state index in [2.05, 4.69) is 10.8 Å². The first-order chi connectivity index (χ1) is 8.37. The first-order valence-corrected chi connectivity index (χ1v) is 9.04. The van der Waals surface area contributed by atoms with Gasteiger partial charge in [-0.15, -0.1) is 0 Å². The van der Waals surface area contributed by atoms with Crippen LogP contribution in [0.2, 0.25) is 19.6 Å². The zero-order valence-corrected chi connectivity index (χ0v) is 12.1. The molecule has 1 atom stereocenters. The topological polar surface area (TPSA) is 59.3 Å². The van der Waals surface area contributed by atoms with Crippen molar-refractivity contribution in [3.8, 4) is 6.07 Å².